The van der Waals surface area contributed by atoms with Crippen molar-refractivity contribution in [2.24, 2.45) is 17.3 Å². The fraction of sp³-hybridized carbons (Fsp3) is 0.500. The number of carbonyl (C=O) groups is 1. The van der Waals surface area contributed by atoms with Crippen molar-refractivity contribution in [1.29, 1.82) is 0 Å². The van der Waals surface area contributed by atoms with Crippen molar-refractivity contribution in [3.8, 4) is 0 Å². The molecule has 1 fully saturated rings. The first kappa shape index (κ1) is 16.9. The third-order valence-electron chi connectivity index (χ3n) is 4.82. The molecule has 6 heteroatoms. The molecule has 0 aliphatic heterocycles. The number of nitrogens with one attached hydrogen (secondary N) is 1. The van der Waals surface area contributed by atoms with Gasteiger partial charge in [0.25, 0.3) is 5.56 Å². The van der Waals surface area contributed by atoms with E-state index in [1.807, 2.05) is 11.4 Å². The lowest BCUT2D eigenvalue weighted by Gasteiger charge is -2.17. The standard InChI is InChI=1S/C18H23N3O2S/c1-10(2)8-11-14(18(11,3)4)17(23)21(5)9-13-19-12-6-7-24-15(12)16(22)20-13/h6-8,11,14H,9H2,1-5H3,(H,19,20,22)/t11-,14+/m1/s1. The molecule has 2 atom stereocenters. The molecule has 1 aliphatic rings. The summed E-state index contributed by atoms with van der Waals surface area (Å²) in [6, 6.07) is 1.83. The van der Waals surface area contributed by atoms with Crippen molar-refractivity contribution in [2.45, 2.75) is 34.2 Å². The molecule has 1 aliphatic carbocycles. The van der Waals surface area contributed by atoms with Gasteiger partial charge < -0.3 is 9.88 Å². The Balaban J connectivity index is 1.77. The van der Waals surface area contributed by atoms with E-state index in [0.717, 1.165) is 0 Å². The number of H-pyrrole nitrogens is 1. The monoisotopic (exact) mass is 345 g/mol. The van der Waals surface area contributed by atoms with Gasteiger partial charge in [0.2, 0.25) is 5.91 Å². The van der Waals surface area contributed by atoms with E-state index in [1.54, 1.807) is 11.9 Å². The highest BCUT2D eigenvalue weighted by atomic mass is 32.1. The number of aromatic nitrogens is 2. The highest BCUT2D eigenvalue weighted by molar-refractivity contribution is 7.17. The van der Waals surface area contributed by atoms with Gasteiger partial charge >= 0.3 is 0 Å². The molecule has 1 saturated carbocycles. The van der Waals surface area contributed by atoms with E-state index in [9.17, 15) is 9.59 Å². The Kier molecular flexibility index (Phi) is 4.11. The largest absolute Gasteiger partial charge is 0.338 e. The van der Waals surface area contributed by atoms with Gasteiger partial charge in [0.15, 0.2) is 0 Å². The average Bonchev–Trinajstić information content (AvgIpc) is 2.85. The number of thiophene rings is 1. The molecule has 1 N–H and O–H groups in total. The smallest absolute Gasteiger partial charge is 0.268 e. The van der Waals surface area contributed by atoms with Gasteiger partial charge in [0.05, 0.1) is 18.0 Å². The molecule has 1 amide bonds. The second-order valence-corrected chi connectivity index (χ2v) is 8.33. The molecule has 0 bridgehead atoms. The first-order valence-electron chi connectivity index (χ1n) is 8.08. The van der Waals surface area contributed by atoms with Gasteiger partial charge in [0, 0.05) is 7.05 Å². The van der Waals surface area contributed by atoms with Gasteiger partial charge in [-0.2, -0.15) is 0 Å². The van der Waals surface area contributed by atoms with E-state index in [4.69, 9.17) is 0 Å². The minimum absolute atomic E-state index is 0.00556. The zero-order chi connectivity index (χ0) is 17.6. The van der Waals surface area contributed by atoms with E-state index in [1.165, 1.54) is 16.9 Å². The van der Waals surface area contributed by atoms with E-state index in [2.05, 4.69) is 43.7 Å². The van der Waals surface area contributed by atoms with Gasteiger partial charge in [-0.15, -0.1) is 11.3 Å². The summed E-state index contributed by atoms with van der Waals surface area (Å²) in [6.45, 7) is 8.69. The summed E-state index contributed by atoms with van der Waals surface area (Å²) in [6.07, 6.45) is 2.19. The van der Waals surface area contributed by atoms with Crippen LogP contribution in [0.25, 0.3) is 10.2 Å². The Bertz CT molecular complexity index is 874. The zero-order valence-electron chi connectivity index (χ0n) is 14.7. The van der Waals surface area contributed by atoms with Crippen LogP contribution in [0.3, 0.4) is 0 Å². The second-order valence-electron chi connectivity index (χ2n) is 7.41. The maximum atomic E-state index is 12.8. The second kappa shape index (κ2) is 5.84. The van der Waals surface area contributed by atoms with Gasteiger partial charge in [-0.25, -0.2) is 4.98 Å². The molecular weight excluding hydrogens is 322 g/mol. The summed E-state index contributed by atoms with van der Waals surface area (Å²) in [5, 5.41) is 1.85. The van der Waals surface area contributed by atoms with Gasteiger partial charge in [-0.05, 0) is 36.6 Å². The lowest BCUT2D eigenvalue weighted by Crippen LogP contribution is -2.30. The van der Waals surface area contributed by atoms with Crippen molar-refractivity contribution in [3.63, 3.8) is 0 Å². The Morgan fingerprint density at radius 2 is 2.17 bits per heavy atom. The van der Waals surface area contributed by atoms with E-state index >= 15 is 0 Å². The van der Waals surface area contributed by atoms with Crippen LogP contribution in [0.2, 0.25) is 0 Å². The highest BCUT2D eigenvalue weighted by Gasteiger charge is 2.60. The van der Waals surface area contributed by atoms with Crippen molar-refractivity contribution in [2.75, 3.05) is 7.05 Å². The third kappa shape index (κ3) is 2.90. The number of hydrogen-bond donors (Lipinski definition) is 1. The number of fused-ring (bicyclic) bond motifs is 1. The number of amides is 1. The van der Waals surface area contributed by atoms with Crippen LogP contribution in [0.4, 0.5) is 0 Å². The fourth-order valence-corrected chi connectivity index (χ4v) is 4.08. The van der Waals surface area contributed by atoms with E-state index in [-0.39, 0.29) is 28.7 Å². The predicted octanol–water partition coefficient (Wildman–Crippen LogP) is 3.18. The molecule has 2 aromatic rings. The maximum absolute atomic E-state index is 12.8. The first-order chi connectivity index (χ1) is 11.2. The normalized spacial score (nSPS) is 21.5. The lowest BCUT2D eigenvalue weighted by molar-refractivity contribution is -0.132. The number of carbonyl (C=O) groups excluding carboxylic acids is 1. The van der Waals surface area contributed by atoms with E-state index < -0.39 is 0 Å². The minimum Gasteiger partial charge on any atom is -0.338 e. The van der Waals surface area contributed by atoms with Crippen LogP contribution in [0.5, 0.6) is 0 Å². The van der Waals surface area contributed by atoms with Crippen LogP contribution >= 0.6 is 11.3 Å². The molecule has 24 heavy (non-hydrogen) atoms. The van der Waals surface area contributed by atoms with Crippen molar-refractivity contribution in [1.82, 2.24) is 14.9 Å². The average molecular weight is 345 g/mol. The van der Waals surface area contributed by atoms with Crippen molar-refractivity contribution < 1.29 is 4.79 Å². The quantitative estimate of drug-likeness (QED) is 0.866. The molecule has 0 saturated heterocycles. The molecule has 0 radical (unpaired) electrons. The summed E-state index contributed by atoms with van der Waals surface area (Å²) in [5.41, 5.74) is 1.77. The summed E-state index contributed by atoms with van der Waals surface area (Å²) >= 11 is 1.38. The molecule has 0 spiro atoms. The minimum atomic E-state index is -0.139. The summed E-state index contributed by atoms with van der Waals surface area (Å²) in [4.78, 5) is 33.7. The third-order valence-corrected chi connectivity index (χ3v) is 5.72. The van der Waals surface area contributed by atoms with Gasteiger partial charge in [-0.1, -0.05) is 25.5 Å². The van der Waals surface area contributed by atoms with Crippen LogP contribution in [-0.4, -0.2) is 27.8 Å². The molecule has 2 heterocycles. The molecule has 0 aromatic carbocycles. The summed E-state index contributed by atoms with van der Waals surface area (Å²) < 4.78 is 0.625. The first-order valence-corrected chi connectivity index (χ1v) is 8.96. The summed E-state index contributed by atoms with van der Waals surface area (Å²) in [5.74, 6) is 0.910. The number of nitrogens with zero attached hydrogens (tertiary/aromatic N) is 2. The number of allylic oxidation sites excluding steroid dienone is 2. The summed E-state index contributed by atoms with van der Waals surface area (Å²) in [7, 11) is 1.77. The maximum Gasteiger partial charge on any atom is 0.268 e. The molecule has 2 aromatic heterocycles. The van der Waals surface area contributed by atoms with Gasteiger partial charge in [0.1, 0.15) is 10.5 Å². The Labute approximate surface area is 145 Å². The number of aromatic amines is 1. The fourth-order valence-electron chi connectivity index (χ4n) is 3.36. The zero-order valence-corrected chi connectivity index (χ0v) is 15.5. The Hall–Kier alpha value is -1.95. The molecular formula is C18H23N3O2S. The highest BCUT2D eigenvalue weighted by Crippen LogP contribution is 2.60. The topological polar surface area (TPSA) is 66.1 Å². The molecule has 3 rings (SSSR count). The lowest BCUT2D eigenvalue weighted by atomic mass is 10.1. The molecule has 5 nitrogen and oxygen atoms in total. The Morgan fingerprint density at radius 3 is 2.83 bits per heavy atom. The molecule has 128 valence electrons. The number of hydrogen-bond acceptors (Lipinski definition) is 4. The van der Waals surface area contributed by atoms with Crippen LogP contribution in [0.15, 0.2) is 27.9 Å². The van der Waals surface area contributed by atoms with Crippen LogP contribution < -0.4 is 5.56 Å². The van der Waals surface area contributed by atoms with Crippen LogP contribution in [0.1, 0.15) is 33.5 Å². The SMILES string of the molecule is CC(C)=C[C@@H]1[C@@H](C(=O)N(C)Cc2nc3ccsc3c(=O)[nH]2)C1(C)C. The van der Waals surface area contributed by atoms with Crippen molar-refractivity contribution >= 4 is 27.5 Å². The van der Waals surface area contributed by atoms with E-state index in [0.29, 0.717) is 22.6 Å². The Morgan fingerprint density at radius 1 is 1.46 bits per heavy atom. The van der Waals surface area contributed by atoms with Gasteiger partial charge in [-0.3, -0.25) is 9.59 Å². The number of rotatable bonds is 4. The van der Waals surface area contributed by atoms with Crippen LogP contribution in [0, 0.1) is 17.3 Å². The van der Waals surface area contributed by atoms with Crippen LogP contribution in [-0.2, 0) is 11.3 Å². The van der Waals surface area contributed by atoms with Crippen molar-refractivity contribution in [3.05, 3.63) is 39.3 Å². The predicted molar refractivity (Wildman–Crippen MR) is 96.9 cm³/mol. The molecule has 0 unspecified atom stereocenters.